The lowest BCUT2D eigenvalue weighted by Gasteiger charge is -2.49. The summed E-state index contributed by atoms with van der Waals surface area (Å²) >= 11 is 0. The van der Waals surface area contributed by atoms with Crippen LogP contribution in [0.3, 0.4) is 0 Å². The maximum absolute atomic E-state index is 13.2. The summed E-state index contributed by atoms with van der Waals surface area (Å²) in [5, 5.41) is 16.8. The van der Waals surface area contributed by atoms with Crippen LogP contribution in [0.4, 0.5) is 11.5 Å². The Morgan fingerprint density at radius 1 is 1.15 bits per heavy atom. The molecule has 11 nitrogen and oxygen atoms in total. The van der Waals surface area contributed by atoms with E-state index in [1.54, 1.807) is 11.1 Å². The molecule has 1 amide bonds. The fourth-order valence-corrected chi connectivity index (χ4v) is 7.25. The molecule has 4 aliphatic heterocycles. The topological polar surface area (TPSA) is 159 Å². The number of rotatable bonds is 4. The van der Waals surface area contributed by atoms with Crippen molar-refractivity contribution in [1.82, 2.24) is 15.3 Å². The van der Waals surface area contributed by atoms with Gasteiger partial charge in [0.1, 0.15) is 5.82 Å². The van der Waals surface area contributed by atoms with Gasteiger partial charge in [0.05, 0.1) is 28.6 Å². The van der Waals surface area contributed by atoms with Crippen molar-refractivity contribution in [1.29, 1.82) is 0 Å². The van der Waals surface area contributed by atoms with Crippen LogP contribution in [0.1, 0.15) is 36.8 Å². The second-order valence-corrected chi connectivity index (χ2v) is 12.5. The van der Waals surface area contributed by atoms with E-state index in [1.807, 2.05) is 31.4 Å². The molecule has 3 aromatic rings. The third-order valence-electron chi connectivity index (χ3n) is 8.46. The van der Waals surface area contributed by atoms with Gasteiger partial charge in [-0.2, -0.15) is 0 Å². The van der Waals surface area contributed by atoms with Gasteiger partial charge >= 0.3 is 0 Å². The van der Waals surface area contributed by atoms with Crippen LogP contribution in [0.15, 0.2) is 36.7 Å². The molecule has 1 saturated carbocycles. The third kappa shape index (κ3) is 4.23. The van der Waals surface area contributed by atoms with E-state index < -0.39 is 15.4 Å². The number of amides is 1. The van der Waals surface area contributed by atoms with Gasteiger partial charge in [-0.1, -0.05) is 12.5 Å². The Kier molecular flexibility index (Phi) is 6.08. The lowest BCUT2D eigenvalue weighted by Crippen LogP contribution is -2.67. The van der Waals surface area contributed by atoms with Crippen LogP contribution in [0, 0.1) is 0 Å². The van der Waals surface area contributed by atoms with Crippen molar-refractivity contribution in [3.8, 4) is 11.1 Å². The van der Waals surface area contributed by atoms with Crippen LogP contribution >= 0.6 is 0 Å². The number of nitrogens with zero attached hydrogens (tertiary/aromatic N) is 4. The molecule has 2 atom stereocenters. The molecular formula is C27H30N6O5S. The van der Waals surface area contributed by atoms with Gasteiger partial charge in [0.25, 0.3) is 6.47 Å². The number of nitrogens with two attached hydrogens (primary N) is 1. The average Bonchev–Trinajstić information content (AvgIpc) is 3.10. The quantitative estimate of drug-likeness (QED) is 0.411. The number of anilines is 2. The minimum atomic E-state index is -3.74. The largest absolute Gasteiger partial charge is 0.483 e. The highest BCUT2D eigenvalue weighted by Gasteiger charge is 2.54. The third-order valence-corrected chi connectivity index (χ3v) is 9.18. The lowest BCUT2D eigenvalue weighted by molar-refractivity contribution is -0.125. The van der Waals surface area contributed by atoms with Crippen molar-refractivity contribution in [2.45, 2.75) is 48.9 Å². The average molecular weight is 551 g/mol. The molecule has 1 aliphatic carbocycles. The monoisotopic (exact) mass is 550 g/mol. The van der Waals surface area contributed by atoms with Gasteiger partial charge in [0.2, 0.25) is 15.9 Å². The smallest absolute Gasteiger partial charge is 0.290 e. The molecule has 204 valence electrons. The molecule has 2 unspecified atom stereocenters. The van der Waals surface area contributed by atoms with E-state index in [9.17, 15) is 13.2 Å². The van der Waals surface area contributed by atoms with Gasteiger partial charge in [-0.05, 0) is 43.0 Å². The second kappa shape index (κ2) is 9.25. The number of piperazine rings is 1. The standard InChI is InChI=1S/C26H28N6O3S.CH2O2/c1-31-22-11-28-21-4-3-15(8-20(21)23(22)26(25(31)33)5-2-6-26)16-7-17(14-36(27,34)35)24(29-10-16)32-12-18-9-19(13-32)30-18;2-1-3/h3-4,7-8,10-11,18-19,30H,2,5-6,9,12-14H2,1H3,(H2,27,34,35);1H,(H,2,3). The molecule has 6 heterocycles. The van der Waals surface area contributed by atoms with Crippen LogP contribution in [-0.4, -0.2) is 68.1 Å². The predicted molar refractivity (Wildman–Crippen MR) is 147 cm³/mol. The Morgan fingerprint density at radius 2 is 1.85 bits per heavy atom. The Morgan fingerprint density at radius 3 is 2.46 bits per heavy atom. The number of sulfonamides is 1. The lowest BCUT2D eigenvalue weighted by atomic mass is 9.64. The molecular weight excluding hydrogens is 520 g/mol. The fraction of sp³-hybridized carbons (Fsp3) is 0.407. The van der Waals surface area contributed by atoms with Crippen molar-refractivity contribution in [3.05, 3.63) is 47.8 Å². The number of carbonyl (C=O) groups is 2. The summed E-state index contributed by atoms with van der Waals surface area (Å²) in [6.45, 7) is 1.36. The number of primary sulfonamides is 1. The zero-order chi connectivity index (χ0) is 27.5. The van der Waals surface area contributed by atoms with Gasteiger partial charge in [0.15, 0.2) is 0 Å². The zero-order valence-corrected chi connectivity index (χ0v) is 22.3. The summed E-state index contributed by atoms with van der Waals surface area (Å²) in [7, 11) is -1.91. The normalized spacial score (nSPS) is 22.6. The molecule has 4 N–H and O–H groups in total. The number of aromatic nitrogens is 2. The molecule has 1 aromatic carbocycles. The summed E-state index contributed by atoms with van der Waals surface area (Å²) in [6.07, 6.45) is 7.51. The van der Waals surface area contributed by atoms with Crippen molar-refractivity contribution in [2.24, 2.45) is 5.14 Å². The molecule has 3 saturated heterocycles. The molecule has 1 spiro atoms. The summed E-state index contributed by atoms with van der Waals surface area (Å²) < 4.78 is 24.2. The molecule has 4 fully saturated rings. The summed E-state index contributed by atoms with van der Waals surface area (Å²) in [4.78, 5) is 34.8. The van der Waals surface area contributed by atoms with E-state index in [1.165, 1.54) is 0 Å². The maximum Gasteiger partial charge on any atom is 0.290 e. The molecule has 5 aliphatic rings. The molecule has 2 aromatic heterocycles. The van der Waals surface area contributed by atoms with Gasteiger partial charge in [-0.15, -0.1) is 0 Å². The minimum Gasteiger partial charge on any atom is -0.483 e. The Labute approximate surface area is 226 Å². The van der Waals surface area contributed by atoms with Crippen molar-refractivity contribution in [2.75, 3.05) is 29.9 Å². The molecule has 0 radical (unpaired) electrons. The van der Waals surface area contributed by atoms with Crippen LogP contribution in [0.2, 0.25) is 0 Å². The number of piperidine rings is 1. The second-order valence-electron chi connectivity index (χ2n) is 10.9. The molecule has 2 bridgehead atoms. The highest BCUT2D eigenvalue weighted by atomic mass is 32.2. The SMILES string of the molecule is CN1C(=O)C2(CCC2)c2c1cnc1ccc(-c3cnc(N4CC5CC(C4)N5)c(CS(N)(=O)=O)c3)cc21.O=CO. The van der Waals surface area contributed by atoms with Crippen LogP contribution in [0.25, 0.3) is 22.0 Å². The van der Waals surface area contributed by atoms with Crippen LogP contribution in [-0.2, 0) is 30.8 Å². The maximum atomic E-state index is 13.2. The van der Waals surface area contributed by atoms with E-state index in [0.29, 0.717) is 23.5 Å². The van der Waals surface area contributed by atoms with E-state index in [0.717, 1.165) is 72.1 Å². The first-order valence-electron chi connectivity index (χ1n) is 12.9. The first-order chi connectivity index (χ1) is 18.6. The number of hydrogen-bond acceptors (Lipinski definition) is 8. The number of benzene rings is 1. The van der Waals surface area contributed by atoms with E-state index in [2.05, 4.69) is 21.3 Å². The predicted octanol–water partition coefficient (Wildman–Crippen LogP) is 1.73. The van der Waals surface area contributed by atoms with Gasteiger partial charge in [-0.25, -0.2) is 18.5 Å². The number of likely N-dealkylation sites (N-methyl/N-ethyl adjacent to an activating group) is 1. The highest BCUT2D eigenvalue weighted by Crippen LogP contribution is 2.55. The van der Waals surface area contributed by atoms with E-state index in [-0.39, 0.29) is 18.1 Å². The zero-order valence-electron chi connectivity index (χ0n) is 21.5. The van der Waals surface area contributed by atoms with Gasteiger partial charge < -0.3 is 20.2 Å². The number of carboxylic acid groups (broad SMARTS) is 1. The molecule has 12 heteroatoms. The fourth-order valence-electron chi connectivity index (χ4n) is 6.61. The van der Waals surface area contributed by atoms with Crippen LogP contribution in [0.5, 0.6) is 0 Å². The van der Waals surface area contributed by atoms with Gasteiger partial charge in [0, 0.05) is 60.5 Å². The number of carbonyl (C=O) groups excluding carboxylic acids is 1. The van der Waals surface area contributed by atoms with Crippen molar-refractivity contribution >= 4 is 44.8 Å². The summed E-state index contributed by atoms with van der Waals surface area (Å²) in [5.41, 5.74) is 4.69. The molecule has 39 heavy (non-hydrogen) atoms. The summed E-state index contributed by atoms with van der Waals surface area (Å²) in [5.74, 6) is 0.571. The highest BCUT2D eigenvalue weighted by molar-refractivity contribution is 7.88. The molecule has 8 rings (SSSR count). The van der Waals surface area contributed by atoms with Gasteiger partial charge in [-0.3, -0.25) is 14.6 Å². The minimum absolute atomic E-state index is 0.152. The number of hydrogen-bond donors (Lipinski definition) is 3. The van der Waals surface area contributed by atoms with E-state index in [4.69, 9.17) is 20.0 Å². The van der Waals surface area contributed by atoms with Crippen molar-refractivity contribution in [3.63, 3.8) is 0 Å². The first kappa shape index (κ1) is 25.7. The number of pyridine rings is 2. The number of nitrogens with one attached hydrogen (secondary N) is 1. The van der Waals surface area contributed by atoms with Crippen LogP contribution < -0.4 is 20.3 Å². The summed E-state index contributed by atoms with van der Waals surface area (Å²) in [6, 6.07) is 8.76. The Bertz CT molecular complexity index is 1590. The van der Waals surface area contributed by atoms with Crippen molar-refractivity contribution < 1.29 is 23.1 Å². The number of fused-ring (bicyclic) bond motifs is 6. The Balaban J connectivity index is 0.000000883. The van der Waals surface area contributed by atoms with E-state index >= 15 is 0 Å². The Hall–Kier alpha value is -3.61. The first-order valence-corrected chi connectivity index (χ1v) is 14.6.